The minimum Gasteiger partial charge on any atom is -0.283 e. The van der Waals surface area contributed by atoms with Gasteiger partial charge >= 0.3 is 0 Å². The molecule has 30 heavy (non-hydrogen) atoms. The van der Waals surface area contributed by atoms with Crippen molar-refractivity contribution in [3.05, 3.63) is 88.4 Å². The zero-order chi connectivity index (χ0) is 21.9. The van der Waals surface area contributed by atoms with E-state index in [-0.39, 0.29) is 16.3 Å². The predicted octanol–water partition coefficient (Wildman–Crippen LogP) is 4.70. The summed E-state index contributed by atoms with van der Waals surface area (Å²) < 4.78 is 55.1. The van der Waals surface area contributed by atoms with Gasteiger partial charge in [0.1, 0.15) is 0 Å². The summed E-state index contributed by atoms with van der Waals surface area (Å²) in [6.07, 6.45) is 0. The van der Waals surface area contributed by atoms with Crippen molar-refractivity contribution in [2.45, 2.75) is 24.5 Å². The fourth-order valence-electron chi connectivity index (χ4n) is 2.77. The largest absolute Gasteiger partial charge is 0.283 e. The average molecular weight is 465 g/mol. The summed E-state index contributed by atoms with van der Waals surface area (Å²) in [4.78, 5) is 0.0315. The fraction of sp³-hybridized carbons (Fsp3) is 0.143. The second kappa shape index (κ2) is 8.67. The van der Waals surface area contributed by atoms with Crippen LogP contribution >= 0.6 is 11.6 Å². The molecule has 2 N–H and O–H groups in total. The Morgan fingerprint density at radius 3 is 2.07 bits per heavy atom. The molecule has 0 saturated carbocycles. The smallest absolute Gasteiger partial charge is 0.261 e. The lowest BCUT2D eigenvalue weighted by atomic mass is 10.1. The standard InChI is InChI=1S/C21H21ClN2O4S2/c1-15-3-4-16(2)21(13-15)24-30(27,28)20-11-9-19(10-12-20)23-29(25,26)14-17-5-7-18(22)8-6-17/h3-13,23-24H,14H2,1-2H3. The van der Waals surface area contributed by atoms with Crippen molar-refractivity contribution in [2.75, 3.05) is 9.44 Å². The molecule has 0 aromatic heterocycles. The first-order chi connectivity index (χ1) is 14.0. The Morgan fingerprint density at radius 1 is 0.800 bits per heavy atom. The number of nitrogens with one attached hydrogen (secondary N) is 2. The molecule has 0 aliphatic heterocycles. The van der Waals surface area contributed by atoms with E-state index in [4.69, 9.17) is 11.6 Å². The van der Waals surface area contributed by atoms with Crippen LogP contribution in [0.4, 0.5) is 11.4 Å². The zero-order valence-corrected chi connectivity index (χ0v) is 18.8. The van der Waals surface area contributed by atoms with E-state index >= 15 is 0 Å². The maximum absolute atomic E-state index is 12.7. The number of hydrogen-bond donors (Lipinski definition) is 2. The van der Waals surface area contributed by atoms with Crippen LogP contribution in [0.2, 0.25) is 5.02 Å². The van der Waals surface area contributed by atoms with Crippen LogP contribution in [0, 0.1) is 13.8 Å². The van der Waals surface area contributed by atoms with Gasteiger partial charge in [0, 0.05) is 10.7 Å². The highest BCUT2D eigenvalue weighted by Gasteiger charge is 2.17. The van der Waals surface area contributed by atoms with Gasteiger partial charge in [-0.25, -0.2) is 16.8 Å². The van der Waals surface area contributed by atoms with E-state index in [1.54, 1.807) is 30.3 Å². The first-order valence-corrected chi connectivity index (χ1v) is 12.5. The molecule has 0 heterocycles. The van der Waals surface area contributed by atoms with Crippen LogP contribution in [-0.4, -0.2) is 16.8 Å². The van der Waals surface area contributed by atoms with Crippen molar-refractivity contribution in [1.29, 1.82) is 0 Å². The molecule has 0 spiro atoms. The van der Waals surface area contributed by atoms with Crippen LogP contribution in [0.25, 0.3) is 0 Å². The molecular weight excluding hydrogens is 444 g/mol. The second-order valence-corrected chi connectivity index (χ2v) is 10.8. The lowest BCUT2D eigenvalue weighted by Crippen LogP contribution is -2.16. The number of sulfonamides is 2. The highest BCUT2D eigenvalue weighted by Crippen LogP contribution is 2.23. The third-order valence-electron chi connectivity index (χ3n) is 4.35. The molecule has 0 saturated heterocycles. The maximum Gasteiger partial charge on any atom is 0.261 e. The molecule has 0 fully saturated rings. The summed E-state index contributed by atoms with van der Waals surface area (Å²) in [6, 6.07) is 17.5. The summed E-state index contributed by atoms with van der Waals surface area (Å²) in [5.74, 6) is -0.224. The van der Waals surface area contributed by atoms with Gasteiger partial charge in [-0.1, -0.05) is 35.9 Å². The topological polar surface area (TPSA) is 92.3 Å². The number of aryl methyl sites for hydroxylation is 2. The third kappa shape index (κ3) is 5.75. The second-order valence-electron chi connectivity index (χ2n) is 6.94. The molecule has 0 bridgehead atoms. The molecule has 3 aromatic carbocycles. The molecule has 158 valence electrons. The number of halogens is 1. The van der Waals surface area contributed by atoms with Crippen molar-refractivity contribution in [2.24, 2.45) is 0 Å². The predicted molar refractivity (Wildman–Crippen MR) is 121 cm³/mol. The van der Waals surface area contributed by atoms with Crippen LogP contribution in [0.1, 0.15) is 16.7 Å². The number of rotatable bonds is 7. The van der Waals surface area contributed by atoms with Gasteiger partial charge in [-0.05, 0) is 73.0 Å². The van der Waals surface area contributed by atoms with Gasteiger partial charge in [0.25, 0.3) is 10.0 Å². The van der Waals surface area contributed by atoms with Gasteiger partial charge in [0.05, 0.1) is 16.3 Å². The van der Waals surface area contributed by atoms with Crippen LogP contribution in [-0.2, 0) is 25.8 Å². The minimum absolute atomic E-state index is 0.0315. The van der Waals surface area contributed by atoms with Gasteiger partial charge < -0.3 is 0 Å². The Kier molecular flexibility index (Phi) is 6.40. The number of hydrogen-bond acceptors (Lipinski definition) is 4. The van der Waals surface area contributed by atoms with Crippen LogP contribution in [0.3, 0.4) is 0 Å². The molecule has 0 atom stereocenters. The molecule has 0 aliphatic carbocycles. The van der Waals surface area contributed by atoms with Crippen LogP contribution < -0.4 is 9.44 Å². The Bertz CT molecular complexity index is 1260. The molecule has 6 nitrogen and oxygen atoms in total. The molecular formula is C21H21ClN2O4S2. The Labute approximate surface area is 182 Å². The van der Waals surface area contributed by atoms with Gasteiger partial charge in [-0.3, -0.25) is 9.44 Å². The van der Waals surface area contributed by atoms with Crippen LogP contribution in [0.5, 0.6) is 0 Å². The molecule has 0 aliphatic rings. The first kappa shape index (κ1) is 22.1. The third-order valence-corrected chi connectivity index (χ3v) is 7.24. The summed E-state index contributed by atoms with van der Waals surface area (Å²) in [5.41, 5.74) is 3.10. The van der Waals surface area contributed by atoms with E-state index in [1.807, 2.05) is 26.0 Å². The molecule has 9 heteroatoms. The molecule has 0 radical (unpaired) electrons. The summed E-state index contributed by atoms with van der Waals surface area (Å²) >= 11 is 5.81. The zero-order valence-electron chi connectivity index (χ0n) is 16.4. The fourth-order valence-corrected chi connectivity index (χ4v) is 5.21. The first-order valence-electron chi connectivity index (χ1n) is 8.99. The van der Waals surface area contributed by atoms with Gasteiger partial charge in [-0.15, -0.1) is 0 Å². The molecule has 0 unspecified atom stereocenters. The summed E-state index contributed by atoms with van der Waals surface area (Å²) in [5, 5.41) is 0.523. The van der Waals surface area contributed by atoms with Crippen molar-refractivity contribution in [3.63, 3.8) is 0 Å². The average Bonchev–Trinajstić information content (AvgIpc) is 2.66. The highest BCUT2D eigenvalue weighted by molar-refractivity contribution is 7.92. The van der Waals surface area contributed by atoms with Crippen molar-refractivity contribution in [3.8, 4) is 0 Å². The lowest BCUT2D eigenvalue weighted by molar-refractivity contribution is 0.599. The van der Waals surface area contributed by atoms with E-state index in [1.165, 1.54) is 24.3 Å². The molecule has 3 aromatic rings. The van der Waals surface area contributed by atoms with Crippen molar-refractivity contribution >= 4 is 43.0 Å². The summed E-state index contributed by atoms with van der Waals surface area (Å²) in [6.45, 7) is 3.69. The lowest BCUT2D eigenvalue weighted by Gasteiger charge is -2.12. The van der Waals surface area contributed by atoms with Gasteiger partial charge in [0.2, 0.25) is 10.0 Å². The molecule has 3 rings (SSSR count). The van der Waals surface area contributed by atoms with Gasteiger partial charge in [0.15, 0.2) is 0 Å². The Hall–Kier alpha value is -2.55. The van der Waals surface area contributed by atoms with Crippen LogP contribution in [0.15, 0.2) is 71.6 Å². The van der Waals surface area contributed by atoms with Crippen molar-refractivity contribution < 1.29 is 16.8 Å². The monoisotopic (exact) mass is 464 g/mol. The summed E-state index contributed by atoms with van der Waals surface area (Å²) in [7, 11) is -7.47. The highest BCUT2D eigenvalue weighted by atomic mass is 35.5. The maximum atomic E-state index is 12.7. The Balaban J connectivity index is 1.73. The Morgan fingerprint density at radius 2 is 1.43 bits per heavy atom. The molecule has 0 amide bonds. The van der Waals surface area contributed by atoms with Gasteiger partial charge in [-0.2, -0.15) is 0 Å². The quantitative estimate of drug-likeness (QED) is 0.530. The normalized spacial score (nSPS) is 11.8. The van der Waals surface area contributed by atoms with E-state index in [2.05, 4.69) is 9.44 Å². The number of anilines is 2. The van der Waals surface area contributed by atoms with E-state index < -0.39 is 20.0 Å². The van der Waals surface area contributed by atoms with Crippen molar-refractivity contribution in [1.82, 2.24) is 0 Å². The van der Waals surface area contributed by atoms with E-state index in [9.17, 15) is 16.8 Å². The minimum atomic E-state index is -3.81. The number of benzene rings is 3. The van der Waals surface area contributed by atoms with E-state index in [0.29, 0.717) is 16.3 Å². The van der Waals surface area contributed by atoms with E-state index in [0.717, 1.165) is 11.1 Å². The SMILES string of the molecule is Cc1ccc(C)c(NS(=O)(=O)c2ccc(NS(=O)(=O)Cc3ccc(Cl)cc3)cc2)c1.